The van der Waals surface area contributed by atoms with Crippen LogP contribution in [0, 0.1) is 0 Å². The molecule has 31 heavy (non-hydrogen) atoms. The first-order valence-corrected chi connectivity index (χ1v) is 10.4. The number of thiophene rings is 1. The summed E-state index contributed by atoms with van der Waals surface area (Å²) in [5.74, 6) is -0.850. The van der Waals surface area contributed by atoms with E-state index in [1.165, 1.54) is 11.3 Å². The molecule has 0 aliphatic carbocycles. The Balaban J connectivity index is 0.00000341. The number of benzene rings is 1. The van der Waals surface area contributed by atoms with Crippen LogP contribution in [0.5, 0.6) is 0 Å². The van der Waals surface area contributed by atoms with E-state index in [9.17, 15) is 22.8 Å². The molecule has 3 N–H and O–H groups in total. The van der Waals surface area contributed by atoms with Crippen LogP contribution in [0.3, 0.4) is 0 Å². The molecule has 3 rings (SSSR count). The Hall–Kier alpha value is -2.01. The number of rotatable bonds is 5. The third-order valence-corrected chi connectivity index (χ3v) is 5.97. The number of carbonyl (C=O) groups excluding carboxylic acids is 2. The van der Waals surface area contributed by atoms with Gasteiger partial charge in [0, 0.05) is 28.7 Å². The summed E-state index contributed by atoms with van der Waals surface area (Å²) < 4.78 is 37.7. The lowest BCUT2D eigenvalue weighted by molar-refractivity contribution is -0.123. The Morgan fingerprint density at radius 1 is 1.19 bits per heavy atom. The summed E-state index contributed by atoms with van der Waals surface area (Å²) in [6, 6.07) is 5.83. The maximum Gasteiger partial charge on any atom is 0.405 e. The number of hydrogen-bond acceptors (Lipinski definition) is 4. The second-order valence-electron chi connectivity index (χ2n) is 6.71. The van der Waals surface area contributed by atoms with Gasteiger partial charge in [-0.05, 0) is 42.8 Å². The number of urea groups is 1. The van der Waals surface area contributed by atoms with Crippen molar-refractivity contribution in [2.45, 2.75) is 26.1 Å². The minimum atomic E-state index is -4.52. The molecule has 2 heterocycles. The van der Waals surface area contributed by atoms with Crippen molar-refractivity contribution in [3.63, 3.8) is 0 Å². The van der Waals surface area contributed by atoms with E-state index in [2.05, 4.69) is 15.5 Å². The van der Waals surface area contributed by atoms with Gasteiger partial charge in [-0.3, -0.25) is 15.0 Å². The average Bonchev–Trinajstić information content (AvgIpc) is 3.04. The molecule has 2 aromatic rings. The van der Waals surface area contributed by atoms with Gasteiger partial charge in [0.05, 0.1) is 5.56 Å². The highest BCUT2D eigenvalue weighted by Gasteiger charge is 2.32. The molecule has 12 heteroatoms. The maximum atomic E-state index is 12.6. The zero-order valence-electron chi connectivity index (χ0n) is 16.4. The number of fused-ring (bicyclic) bond motifs is 1. The van der Waals surface area contributed by atoms with E-state index < -0.39 is 24.7 Å². The highest BCUT2D eigenvalue weighted by Crippen LogP contribution is 2.37. The van der Waals surface area contributed by atoms with E-state index >= 15 is 0 Å². The summed E-state index contributed by atoms with van der Waals surface area (Å²) >= 11 is 7.03. The van der Waals surface area contributed by atoms with Gasteiger partial charge in [-0.15, -0.1) is 23.7 Å². The second-order valence-corrected chi connectivity index (χ2v) is 8.25. The second kappa shape index (κ2) is 10.5. The van der Waals surface area contributed by atoms with Crippen LogP contribution < -0.4 is 16.0 Å². The molecule has 1 aromatic heterocycles. The molecule has 1 aliphatic heterocycles. The number of alkyl halides is 3. The van der Waals surface area contributed by atoms with Crippen molar-refractivity contribution in [3.05, 3.63) is 45.3 Å². The van der Waals surface area contributed by atoms with Crippen LogP contribution in [0.25, 0.3) is 0 Å². The Kier molecular flexibility index (Phi) is 8.58. The number of hydrogen-bond donors (Lipinski definition) is 3. The van der Waals surface area contributed by atoms with E-state index in [-0.39, 0.29) is 23.0 Å². The molecule has 3 amide bonds. The van der Waals surface area contributed by atoms with E-state index in [1.54, 1.807) is 24.3 Å². The number of nitrogens with one attached hydrogen (secondary N) is 3. The Morgan fingerprint density at radius 3 is 2.48 bits per heavy atom. The molecule has 170 valence electrons. The van der Waals surface area contributed by atoms with Crippen LogP contribution in [0.15, 0.2) is 24.3 Å². The highest BCUT2D eigenvalue weighted by atomic mass is 35.5. The summed E-state index contributed by atoms with van der Waals surface area (Å²) in [5.41, 5.74) is 1.27. The van der Waals surface area contributed by atoms with Crippen molar-refractivity contribution >= 4 is 58.0 Å². The first-order chi connectivity index (χ1) is 14.2. The molecule has 0 unspecified atom stereocenters. The molecule has 0 atom stereocenters. The quantitative estimate of drug-likeness (QED) is 0.536. The Morgan fingerprint density at radius 2 is 1.87 bits per heavy atom. The largest absolute Gasteiger partial charge is 0.405 e. The maximum absolute atomic E-state index is 12.6. The highest BCUT2D eigenvalue weighted by molar-refractivity contribution is 7.17. The molecule has 0 bridgehead atoms. The average molecular weight is 497 g/mol. The van der Waals surface area contributed by atoms with Crippen LogP contribution in [-0.4, -0.2) is 42.6 Å². The Bertz CT molecular complexity index is 935. The van der Waals surface area contributed by atoms with Crippen LogP contribution in [0.2, 0.25) is 5.02 Å². The van der Waals surface area contributed by atoms with Gasteiger partial charge >= 0.3 is 12.2 Å². The minimum absolute atomic E-state index is 0. The fourth-order valence-electron chi connectivity index (χ4n) is 3.12. The number of anilines is 2. The lowest BCUT2D eigenvalue weighted by atomic mass is 10.0. The first kappa shape index (κ1) is 25.3. The lowest BCUT2D eigenvalue weighted by Crippen LogP contribution is -2.35. The van der Waals surface area contributed by atoms with Crippen molar-refractivity contribution < 1.29 is 22.8 Å². The molecular formula is C19H21Cl2F3N4O2S. The van der Waals surface area contributed by atoms with Crippen LogP contribution >= 0.6 is 35.3 Å². The third-order valence-electron chi connectivity index (χ3n) is 4.59. The summed E-state index contributed by atoms with van der Waals surface area (Å²) in [5, 5.41) is 7.88. The van der Waals surface area contributed by atoms with Crippen molar-refractivity contribution in [2.75, 3.05) is 30.3 Å². The van der Waals surface area contributed by atoms with E-state index in [0.717, 1.165) is 11.4 Å². The molecule has 0 spiro atoms. The number of amides is 3. The summed E-state index contributed by atoms with van der Waals surface area (Å²) in [6.07, 6.45) is -4.00. The number of carbonyl (C=O) groups is 2. The molecule has 0 radical (unpaired) electrons. The van der Waals surface area contributed by atoms with Gasteiger partial charge in [0.15, 0.2) is 0 Å². The number of halogens is 5. The van der Waals surface area contributed by atoms with E-state index in [1.807, 2.05) is 12.2 Å². The van der Waals surface area contributed by atoms with Gasteiger partial charge in [-0.25, -0.2) is 4.79 Å². The van der Waals surface area contributed by atoms with Crippen molar-refractivity contribution in [2.24, 2.45) is 0 Å². The summed E-state index contributed by atoms with van der Waals surface area (Å²) in [6.45, 7) is 2.65. The predicted octanol–water partition coefficient (Wildman–Crippen LogP) is 5.14. The molecule has 1 aliphatic rings. The van der Waals surface area contributed by atoms with Gasteiger partial charge < -0.3 is 10.6 Å². The third kappa shape index (κ3) is 6.73. The predicted molar refractivity (Wildman–Crippen MR) is 119 cm³/mol. The zero-order chi connectivity index (χ0) is 21.9. The van der Waals surface area contributed by atoms with Crippen LogP contribution in [0.4, 0.5) is 28.7 Å². The summed E-state index contributed by atoms with van der Waals surface area (Å²) in [4.78, 5) is 28.0. The molecule has 0 saturated carbocycles. The van der Waals surface area contributed by atoms with Crippen molar-refractivity contribution in [1.82, 2.24) is 10.2 Å². The molecule has 0 saturated heterocycles. The fraction of sp³-hybridized carbons (Fsp3) is 0.368. The zero-order valence-corrected chi connectivity index (χ0v) is 18.8. The SMILES string of the molecule is CCN1CCc2c(sc(NC(=O)Nc3ccc(Cl)cc3)c2C(=O)NCC(F)(F)F)C1.Cl. The lowest BCUT2D eigenvalue weighted by Gasteiger charge is -2.25. The van der Waals surface area contributed by atoms with E-state index in [4.69, 9.17) is 11.6 Å². The van der Waals surface area contributed by atoms with Gasteiger partial charge in [0.25, 0.3) is 5.91 Å². The molecule has 0 fully saturated rings. The number of likely N-dealkylation sites (N-methyl/N-ethyl adjacent to an activating group) is 1. The summed E-state index contributed by atoms with van der Waals surface area (Å²) in [7, 11) is 0. The minimum Gasteiger partial charge on any atom is -0.343 e. The van der Waals surface area contributed by atoms with Gasteiger partial charge in [0.2, 0.25) is 0 Å². The van der Waals surface area contributed by atoms with Gasteiger partial charge in [-0.2, -0.15) is 13.2 Å². The smallest absolute Gasteiger partial charge is 0.343 e. The van der Waals surface area contributed by atoms with Crippen molar-refractivity contribution in [1.29, 1.82) is 0 Å². The van der Waals surface area contributed by atoms with Crippen LogP contribution in [-0.2, 0) is 13.0 Å². The standard InChI is InChI=1S/C19H20ClF3N4O2S.ClH/c1-2-27-8-7-13-14(9-27)30-17(15(13)16(28)24-10-19(21,22)23)26-18(29)25-12-5-3-11(20)4-6-12;/h3-6H,2,7-10H2,1H3,(H,24,28)(H2,25,26,29);1H. The van der Waals surface area contributed by atoms with Crippen molar-refractivity contribution in [3.8, 4) is 0 Å². The monoisotopic (exact) mass is 496 g/mol. The van der Waals surface area contributed by atoms with E-state index in [0.29, 0.717) is 35.8 Å². The molecule has 6 nitrogen and oxygen atoms in total. The normalized spacial score (nSPS) is 13.7. The van der Waals surface area contributed by atoms with Gasteiger partial charge in [0.1, 0.15) is 11.5 Å². The fourth-order valence-corrected chi connectivity index (χ4v) is 4.53. The topological polar surface area (TPSA) is 73.5 Å². The van der Waals surface area contributed by atoms with Crippen LogP contribution in [0.1, 0.15) is 27.7 Å². The Labute approximate surface area is 192 Å². The first-order valence-electron chi connectivity index (χ1n) is 9.21. The van der Waals surface area contributed by atoms with Gasteiger partial charge in [-0.1, -0.05) is 18.5 Å². The number of nitrogens with zero attached hydrogens (tertiary/aromatic N) is 1. The molecule has 1 aromatic carbocycles. The molecular weight excluding hydrogens is 476 g/mol.